The zero-order chi connectivity index (χ0) is 20.1. The minimum atomic E-state index is -3.46. The van der Waals surface area contributed by atoms with Crippen molar-refractivity contribution in [2.24, 2.45) is 0 Å². The van der Waals surface area contributed by atoms with Crippen LogP contribution in [-0.2, 0) is 21.4 Å². The first-order valence-electron chi connectivity index (χ1n) is 9.35. The zero-order valence-corrected chi connectivity index (χ0v) is 16.9. The molecule has 3 rings (SSSR count). The highest BCUT2D eigenvalue weighted by Gasteiger charge is 2.27. The maximum absolute atomic E-state index is 12.6. The molecule has 0 spiro atoms. The van der Waals surface area contributed by atoms with Gasteiger partial charge in [-0.25, -0.2) is 13.1 Å². The first kappa shape index (κ1) is 20.2. The van der Waals surface area contributed by atoms with Gasteiger partial charge in [-0.1, -0.05) is 18.2 Å². The van der Waals surface area contributed by atoms with Gasteiger partial charge >= 0.3 is 0 Å². The van der Waals surface area contributed by atoms with Gasteiger partial charge in [0.05, 0.1) is 4.90 Å². The van der Waals surface area contributed by atoms with Crippen molar-refractivity contribution in [3.63, 3.8) is 0 Å². The first-order chi connectivity index (χ1) is 13.3. The van der Waals surface area contributed by atoms with Gasteiger partial charge in [-0.15, -0.1) is 0 Å². The standard InChI is InChI=1S/C21H25N3O3S/c1-16(2)24(15-18-4-3-13-22-14-18)21(25)12-7-17-5-10-20(11-6-17)28(26,27)23-19-8-9-19/h3-7,10-14,16,19,23H,8-9,15H2,1-2H3/b12-7+. The SMILES string of the molecule is CC(C)N(Cc1cccnc1)C(=O)/C=C/c1ccc(S(=O)(=O)NC2CC2)cc1. The summed E-state index contributed by atoms with van der Waals surface area (Å²) in [7, 11) is -3.46. The van der Waals surface area contributed by atoms with Crippen molar-refractivity contribution in [2.45, 2.75) is 50.2 Å². The fourth-order valence-electron chi connectivity index (χ4n) is 2.71. The van der Waals surface area contributed by atoms with Crippen LogP contribution >= 0.6 is 0 Å². The van der Waals surface area contributed by atoms with Gasteiger partial charge in [0.15, 0.2) is 0 Å². The van der Waals surface area contributed by atoms with Crippen LogP contribution in [-0.4, -0.2) is 36.3 Å². The molecule has 0 saturated heterocycles. The van der Waals surface area contributed by atoms with Crippen LogP contribution in [0.2, 0.25) is 0 Å². The molecule has 1 N–H and O–H groups in total. The Morgan fingerprint density at radius 1 is 1.25 bits per heavy atom. The quantitative estimate of drug-likeness (QED) is 0.692. The molecule has 2 aromatic rings. The molecule has 0 bridgehead atoms. The van der Waals surface area contributed by atoms with Gasteiger partial charge in [-0.05, 0) is 62.1 Å². The summed E-state index contributed by atoms with van der Waals surface area (Å²) in [6.07, 6.45) is 8.46. The molecule has 148 valence electrons. The van der Waals surface area contributed by atoms with Crippen molar-refractivity contribution in [3.8, 4) is 0 Å². The van der Waals surface area contributed by atoms with Crippen molar-refractivity contribution in [1.82, 2.24) is 14.6 Å². The molecule has 1 heterocycles. The number of nitrogens with one attached hydrogen (secondary N) is 1. The number of sulfonamides is 1. The summed E-state index contributed by atoms with van der Waals surface area (Å²) in [6.45, 7) is 4.42. The van der Waals surface area contributed by atoms with Gasteiger partial charge in [-0.3, -0.25) is 9.78 Å². The monoisotopic (exact) mass is 399 g/mol. The van der Waals surface area contributed by atoms with E-state index < -0.39 is 10.0 Å². The Morgan fingerprint density at radius 2 is 1.96 bits per heavy atom. The molecule has 0 aliphatic heterocycles. The van der Waals surface area contributed by atoms with Crippen molar-refractivity contribution >= 4 is 22.0 Å². The van der Waals surface area contributed by atoms with Crippen molar-refractivity contribution in [3.05, 3.63) is 66.0 Å². The van der Waals surface area contributed by atoms with Crippen LogP contribution in [0.4, 0.5) is 0 Å². The Bertz CT molecular complexity index is 935. The number of hydrogen-bond acceptors (Lipinski definition) is 4. The molecular weight excluding hydrogens is 374 g/mol. The predicted molar refractivity (Wildman–Crippen MR) is 109 cm³/mol. The number of nitrogens with zero attached hydrogens (tertiary/aromatic N) is 2. The average Bonchev–Trinajstić information content (AvgIpc) is 3.48. The molecule has 1 aromatic carbocycles. The van der Waals surface area contributed by atoms with E-state index in [-0.39, 0.29) is 22.9 Å². The van der Waals surface area contributed by atoms with E-state index in [0.29, 0.717) is 6.54 Å². The van der Waals surface area contributed by atoms with Crippen LogP contribution in [0.3, 0.4) is 0 Å². The molecule has 6 nitrogen and oxygen atoms in total. The second-order valence-corrected chi connectivity index (χ2v) is 8.93. The number of aromatic nitrogens is 1. The summed E-state index contributed by atoms with van der Waals surface area (Å²) < 4.78 is 27.1. The lowest BCUT2D eigenvalue weighted by atomic mass is 10.2. The lowest BCUT2D eigenvalue weighted by Crippen LogP contribution is -2.35. The van der Waals surface area contributed by atoms with Gasteiger partial charge in [0.2, 0.25) is 15.9 Å². The molecule has 1 amide bonds. The third-order valence-corrected chi connectivity index (χ3v) is 6.03. The van der Waals surface area contributed by atoms with Gasteiger partial charge in [-0.2, -0.15) is 0 Å². The molecule has 0 unspecified atom stereocenters. The maximum atomic E-state index is 12.6. The molecule has 7 heteroatoms. The Morgan fingerprint density at radius 3 is 2.54 bits per heavy atom. The summed E-state index contributed by atoms with van der Waals surface area (Å²) >= 11 is 0. The number of carbonyl (C=O) groups excluding carboxylic acids is 1. The van der Waals surface area contributed by atoms with Gasteiger partial charge in [0.1, 0.15) is 0 Å². The minimum Gasteiger partial charge on any atom is -0.332 e. The van der Waals surface area contributed by atoms with E-state index in [2.05, 4.69) is 9.71 Å². The molecule has 0 atom stereocenters. The summed E-state index contributed by atoms with van der Waals surface area (Å²) in [5.74, 6) is -0.106. The second kappa shape index (κ2) is 8.67. The van der Waals surface area contributed by atoms with E-state index in [1.165, 1.54) is 6.08 Å². The molecule has 1 saturated carbocycles. The topological polar surface area (TPSA) is 79.4 Å². The number of benzene rings is 1. The highest BCUT2D eigenvalue weighted by Crippen LogP contribution is 2.22. The average molecular weight is 400 g/mol. The van der Waals surface area contributed by atoms with Crippen LogP contribution in [0.15, 0.2) is 59.8 Å². The second-order valence-electron chi connectivity index (χ2n) is 7.22. The van der Waals surface area contributed by atoms with Gasteiger partial charge < -0.3 is 4.90 Å². The van der Waals surface area contributed by atoms with E-state index in [1.54, 1.807) is 47.6 Å². The lowest BCUT2D eigenvalue weighted by Gasteiger charge is -2.25. The van der Waals surface area contributed by atoms with E-state index >= 15 is 0 Å². The fraction of sp³-hybridized carbons (Fsp3) is 0.333. The van der Waals surface area contributed by atoms with Crippen LogP contribution in [0.5, 0.6) is 0 Å². The Hall–Kier alpha value is -2.51. The first-order valence-corrected chi connectivity index (χ1v) is 10.8. The Balaban J connectivity index is 1.66. The van der Waals surface area contributed by atoms with Gasteiger partial charge in [0.25, 0.3) is 0 Å². The fourth-order valence-corrected chi connectivity index (χ4v) is 4.02. The van der Waals surface area contributed by atoms with Crippen LogP contribution in [0.25, 0.3) is 6.08 Å². The Labute approximate surface area is 166 Å². The molecule has 1 aromatic heterocycles. The molecule has 0 radical (unpaired) electrons. The van der Waals surface area contributed by atoms with E-state index in [1.807, 2.05) is 26.0 Å². The van der Waals surface area contributed by atoms with E-state index in [4.69, 9.17) is 0 Å². The third kappa shape index (κ3) is 5.50. The molecule has 28 heavy (non-hydrogen) atoms. The minimum absolute atomic E-state index is 0.0402. The number of amides is 1. The lowest BCUT2D eigenvalue weighted by molar-refractivity contribution is -0.128. The molecular formula is C21H25N3O3S. The largest absolute Gasteiger partial charge is 0.332 e. The zero-order valence-electron chi connectivity index (χ0n) is 16.1. The molecule has 1 fully saturated rings. The highest BCUT2D eigenvalue weighted by atomic mass is 32.2. The number of rotatable bonds is 8. The summed E-state index contributed by atoms with van der Waals surface area (Å²) in [6, 6.07) is 10.4. The smallest absolute Gasteiger partial charge is 0.247 e. The summed E-state index contributed by atoms with van der Waals surface area (Å²) in [5.41, 5.74) is 1.74. The summed E-state index contributed by atoms with van der Waals surface area (Å²) in [4.78, 5) is 18.7. The number of carbonyl (C=O) groups is 1. The van der Waals surface area contributed by atoms with Crippen molar-refractivity contribution in [1.29, 1.82) is 0 Å². The number of pyridine rings is 1. The molecule has 1 aliphatic carbocycles. The van der Waals surface area contributed by atoms with E-state index in [9.17, 15) is 13.2 Å². The van der Waals surface area contributed by atoms with E-state index in [0.717, 1.165) is 24.0 Å². The number of hydrogen-bond donors (Lipinski definition) is 1. The van der Waals surface area contributed by atoms with Crippen molar-refractivity contribution in [2.75, 3.05) is 0 Å². The normalized spacial score (nSPS) is 14.5. The van der Waals surface area contributed by atoms with Crippen molar-refractivity contribution < 1.29 is 13.2 Å². The third-order valence-electron chi connectivity index (χ3n) is 4.49. The Kier molecular flexibility index (Phi) is 6.26. The predicted octanol–water partition coefficient (Wildman–Crippen LogP) is 2.97. The molecule has 1 aliphatic rings. The maximum Gasteiger partial charge on any atom is 0.247 e. The van der Waals surface area contributed by atoms with Gasteiger partial charge in [0, 0.05) is 37.1 Å². The highest BCUT2D eigenvalue weighted by molar-refractivity contribution is 7.89. The van der Waals surface area contributed by atoms with Crippen LogP contribution < -0.4 is 4.72 Å². The van der Waals surface area contributed by atoms with Crippen LogP contribution in [0.1, 0.15) is 37.8 Å². The van der Waals surface area contributed by atoms with Crippen LogP contribution in [0, 0.1) is 0 Å². The summed E-state index contributed by atoms with van der Waals surface area (Å²) in [5, 5.41) is 0.